The maximum absolute atomic E-state index is 13.2. The number of carbonyl (C=O) groups is 1. The van der Waals surface area contributed by atoms with E-state index < -0.39 is 0 Å². The average Bonchev–Trinajstić information content (AvgIpc) is 3.24. The number of benzene rings is 2. The van der Waals surface area contributed by atoms with Crippen molar-refractivity contribution in [1.82, 2.24) is 14.4 Å². The van der Waals surface area contributed by atoms with Gasteiger partial charge in [-0.1, -0.05) is 25.2 Å². The van der Waals surface area contributed by atoms with Gasteiger partial charge in [-0.25, -0.2) is 4.39 Å². The van der Waals surface area contributed by atoms with Gasteiger partial charge < -0.3 is 14.5 Å². The van der Waals surface area contributed by atoms with Crippen molar-refractivity contribution in [2.45, 2.75) is 52.5 Å². The first-order valence-corrected chi connectivity index (χ1v) is 14.7. The molecular weight excluding hydrogens is 501 g/mol. The Balaban J connectivity index is 1.38. The van der Waals surface area contributed by atoms with Crippen molar-refractivity contribution in [2.24, 2.45) is 5.92 Å². The number of rotatable bonds is 13. The Morgan fingerprint density at radius 3 is 2.37 bits per heavy atom. The van der Waals surface area contributed by atoms with Gasteiger partial charge in [0.2, 0.25) is 0 Å². The van der Waals surface area contributed by atoms with E-state index in [1.807, 2.05) is 10.6 Å². The molecule has 0 atom stereocenters. The molecular formula is C30H40FN3O3S. The standard InChI is InChI=1S/C30H40FN3O3S/c1-4-13-32(14-5-2)17-12-24-20-28-26(21-27(24)37-3)34(30(36)38-28)19-18-33-15-10-23(11-16-33)29(35)22-6-8-25(31)9-7-22/h6-9,20-21,23H,4-5,10-19H2,1-3H3. The highest BCUT2D eigenvalue weighted by molar-refractivity contribution is 7.16. The molecule has 0 unspecified atom stereocenters. The van der Waals surface area contributed by atoms with Crippen LogP contribution in [-0.4, -0.2) is 66.5 Å². The van der Waals surface area contributed by atoms with Crippen molar-refractivity contribution in [3.05, 3.63) is 63.0 Å². The summed E-state index contributed by atoms with van der Waals surface area (Å²) >= 11 is 1.30. The predicted molar refractivity (Wildman–Crippen MR) is 153 cm³/mol. The minimum Gasteiger partial charge on any atom is -0.496 e. The van der Waals surface area contributed by atoms with Crippen molar-refractivity contribution in [3.63, 3.8) is 0 Å². The molecule has 1 aliphatic rings. The number of likely N-dealkylation sites (tertiary alicyclic amines) is 1. The Bertz CT molecular complexity index is 1260. The van der Waals surface area contributed by atoms with Crippen LogP contribution in [0.25, 0.3) is 10.2 Å². The molecule has 0 amide bonds. The highest BCUT2D eigenvalue weighted by atomic mass is 32.1. The molecule has 0 saturated carbocycles. The number of thiazole rings is 1. The largest absolute Gasteiger partial charge is 0.496 e. The SMILES string of the molecule is CCCN(CCC)CCc1cc2sc(=O)n(CCN3CCC(C(=O)c4ccc(F)cc4)CC3)c2cc1OC. The number of Topliss-reactive ketones (excluding diaryl/α,β-unsaturated/α-hetero) is 1. The van der Waals surface area contributed by atoms with E-state index in [1.54, 1.807) is 19.2 Å². The first kappa shape index (κ1) is 28.5. The Labute approximate surface area is 229 Å². The van der Waals surface area contributed by atoms with E-state index in [0.717, 1.165) is 92.9 Å². The minimum atomic E-state index is -0.327. The van der Waals surface area contributed by atoms with Gasteiger partial charge in [-0.3, -0.25) is 14.2 Å². The molecule has 1 aromatic heterocycles. The molecule has 0 N–H and O–H groups in total. The number of aromatic nitrogens is 1. The van der Waals surface area contributed by atoms with Gasteiger partial charge >= 0.3 is 4.87 Å². The summed E-state index contributed by atoms with van der Waals surface area (Å²) in [4.78, 5) is 30.6. The van der Waals surface area contributed by atoms with Crippen LogP contribution in [-0.2, 0) is 13.0 Å². The number of hydrogen-bond acceptors (Lipinski definition) is 6. The monoisotopic (exact) mass is 541 g/mol. The minimum absolute atomic E-state index is 0.0327. The Morgan fingerprint density at radius 1 is 1.05 bits per heavy atom. The zero-order valence-electron chi connectivity index (χ0n) is 22.9. The molecule has 2 heterocycles. The van der Waals surface area contributed by atoms with Crippen LogP contribution >= 0.6 is 11.3 Å². The van der Waals surface area contributed by atoms with Crippen molar-refractivity contribution >= 4 is 27.3 Å². The fraction of sp³-hybridized carbons (Fsp3) is 0.533. The third kappa shape index (κ3) is 6.90. The number of nitrogens with zero attached hydrogens (tertiary/aromatic N) is 3. The summed E-state index contributed by atoms with van der Waals surface area (Å²) in [5, 5.41) is 0. The van der Waals surface area contributed by atoms with Crippen molar-refractivity contribution < 1.29 is 13.9 Å². The topological polar surface area (TPSA) is 54.8 Å². The Morgan fingerprint density at radius 2 is 1.74 bits per heavy atom. The van der Waals surface area contributed by atoms with E-state index in [0.29, 0.717) is 12.1 Å². The molecule has 8 heteroatoms. The molecule has 3 aromatic rings. The second-order valence-electron chi connectivity index (χ2n) is 10.2. The second kappa shape index (κ2) is 13.5. The first-order chi connectivity index (χ1) is 18.4. The van der Waals surface area contributed by atoms with E-state index in [-0.39, 0.29) is 22.4 Å². The number of ether oxygens (including phenoxy) is 1. The van der Waals surface area contributed by atoms with Gasteiger partial charge in [-0.2, -0.15) is 0 Å². The summed E-state index contributed by atoms with van der Waals surface area (Å²) in [7, 11) is 1.70. The molecule has 1 saturated heterocycles. The number of piperidine rings is 1. The molecule has 0 bridgehead atoms. The van der Waals surface area contributed by atoms with Crippen LogP contribution in [0, 0.1) is 11.7 Å². The maximum Gasteiger partial charge on any atom is 0.308 e. The second-order valence-corrected chi connectivity index (χ2v) is 11.2. The molecule has 1 fully saturated rings. The number of fused-ring (bicyclic) bond motifs is 1. The van der Waals surface area contributed by atoms with Crippen molar-refractivity contribution in [3.8, 4) is 5.75 Å². The van der Waals surface area contributed by atoms with Crippen LogP contribution in [0.3, 0.4) is 0 Å². The van der Waals surface area contributed by atoms with Crippen LogP contribution in [0.2, 0.25) is 0 Å². The lowest BCUT2D eigenvalue weighted by atomic mass is 9.89. The molecule has 0 spiro atoms. The molecule has 206 valence electrons. The van der Waals surface area contributed by atoms with E-state index in [4.69, 9.17) is 4.74 Å². The van der Waals surface area contributed by atoms with Gasteiger partial charge in [0.15, 0.2) is 5.78 Å². The predicted octanol–water partition coefficient (Wildman–Crippen LogP) is 5.47. The molecule has 1 aliphatic heterocycles. The van der Waals surface area contributed by atoms with Gasteiger partial charge in [0.05, 0.1) is 17.3 Å². The zero-order valence-corrected chi connectivity index (χ0v) is 23.7. The summed E-state index contributed by atoms with van der Waals surface area (Å²) in [5.41, 5.74) is 2.66. The zero-order chi connectivity index (χ0) is 27.1. The van der Waals surface area contributed by atoms with Gasteiger partial charge in [-0.05, 0) is 94.2 Å². The number of methoxy groups -OCH3 is 1. The lowest BCUT2D eigenvalue weighted by Gasteiger charge is -2.31. The number of halogens is 1. The fourth-order valence-electron chi connectivity index (χ4n) is 5.49. The van der Waals surface area contributed by atoms with E-state index in [2.05, 4.69) is 29.7 Å². The molecule has 6 nitrogen and oxygen atoms in total. The summed E-state index contributed by atoms with van der Waals surface area (Å²) in [6, 6.07) is 10.0. The highest BCUT2D eigenvalue weighted by Gasteiger charge is 2.26. The van der Waals surface area contributed by atoms with Crippen LogP contribution in [0.4, 0.5) is 4.39 Å². The smallest absolute Gasteiger partial charge is 0.308 e. The number of hydrogen-bond donors (Lipinski definition) is 0. The summed E-state index contributed by atoms with van der Waals surface area (Å²) in [5.74, 6) is 0.582. The Kier molecular flexibility index (Phi) is 10.1. The van der Waals surface area contributed by atoms with Crippen molar-refractivity contribution in [1.29, 1.82) is 0 Å². The molecule has 2 aromatic carbocycles. The summed E-state index contributed by atoms with van der Waals surface area (Å²) < 4.78 is 21.8. The van der Waals surface area contributed by atoms with Crippen LogP contribution < -0.4 is 9.61 Å². The highest BCUT2D eigenvalue weighted by Crippen LogP contribution is 2.29. The summed E-state index contributed by atoms with van der Waals surface area (Å²) in [6.45, 7) is 10.6. The quantitative estimate of drug-likeness (QED) is 0.269. The summed E-state index contributed by atoms with van der Waals surface area (Å²) in [6.07, 6.45) is 4.74. The lowest BCUT2D eigenvalue weighted by molar-refractivity contribution is 0.0837. The van der Waals surface area contributed by atoms with Gasteiger partial charge in [0.1, 0.15) is 11.6 Å². The normalized spacial score (nSPS) is 15.0. The Hall–Kier alpha value is -2.55. The van der Waals surface area contributed by atoms with E-state index in [1.165, 1.54) is 23.5 Å². The first-order valence-electron chi connectivity index (χ1n) is 13.9. The van der Waals surface area contributed by atoms with Crippen molar-refractivity contribution in [2.75, 3.05) is 46.4 Å². The third-order valence-electron chi connectivity index (χ3n) is 7.57. The molecule has 0 radical (unpaired) electrons. The van der Waals surface area contributed by atoms with Crippen LogP contribution in [0.5, 0.6) is 5.75 Å². The van der Waals surface area contributed by atoms with Gasteiger partial charge in [0, 0.05) is 37.2 Å². The molecule has 38 heavy (non-hydrogen) atoms. The van der Waals surface area contributed by atoms with Gasteiger partial charge in [-0.15, -0.1) is 0 Å². The van der Waals surface area contributed by atoms with E-state index in [9.17, 15) is 14.0 Å². The van der Waals surface area contributed by atoms with E-state index >= 15 is 0 Å². The lowest BCUT2D eigenvalue weighted by Crippen LogP contribution is -2.38. The number of carbonyl (C=O) groups excluding carboxylic acids is 1. The van der Waals surface area contributed by atoms with Crippen LogP contribution in [0.15, 0.2) is 41.2 Å². The van der Waals surface area contributed by atoms with Gasteiger partial charge in [0.25, 0.3) is 0 Å². The molecule has 0 aliphatic carbocycles. The molecule has 4 rings (SSSR count). The fourth-order valence-corrected chi connectivity index (χ4v) is 6.45. The number of ketones is 1. The van der Waals surface area contributed by atoms with Crippen LogP contribution in [0.1, 0.15) is 55.5 Å². The average molecular weight is 542 g/mol. The third-order valence-corrected chi connectivity index (χ3v) is 8.52. The maximum atomic E-state index is 13.2.